The Morgan fingerprint density at radius 3 is 2.81 bits per heavy atom. The molecule has 0 spiro atoms. The third-order valence-electron chi connectivity index (χ3n) is 5.69. The van der Waals surface area contributed by atoms with Gasteiger partial charge in [-0.2, -0.15) is 13.2 Å². The summed E-state index contributed by atoms with van der Waals surface area (Å²) in [5.74, 6) is -0.362. The van der Waals surface area contributed by atoms with Gasteiger partial charge in [0.05, 0.1) is 5.56 Å². The quantitative estimate of drug-likeness (QED) is 0.504. The van der Waals surface area contributed by atoms with Crippen molar-refractivity contribution >= 4 is 5.97 Å². The average Bonchev–Trinajstić information content (AvgIpc) is 2.77. The minimum atomic E-state index is -4.53. The number of carboxylic acid groups (broad SMARTS) is 1. The van der Waals surface area contributed by atoms with Crippen molar-refractivity contribution in [2.24, 2.45) is 0 Å². The van der Waals surface area contributed by atoms with Gasteiger partial charge < -0.3 is 9.84 Å². The van der Waals surface area contributed by atoms with E-state index in [0.29, 0.717) is 17.7 Å². The molecule has 1 aliphatic carbocycles. The van der Waals surface area contributed by atoms with E-state index in [4.69, 9.17) is 4.74 Å². The van der Waals surface area contributed by atoms with E-state index in [1.165, 1.54) is 30.0 Å². The molecule has 166 valence electrons. The highest BCUT2D eigenvalue weighted by atomic mass is 19.4. The fourth-order valence-corrected chi connectivity index (χ4v) is 4.17. The topological polar surface area (TPSA) is 72.3 Å². The van der Waals surface area contributed by atoms with Gasteiger partial charge >= 0.3 is 12.1 Å². The number of alkyl halides is 3. The SMILES string of the molecule is O=C(O)c1ccncc1CCC1CCCc2cc(Oc3cccc(C(F)(F)F)n3)ccc21. The molecule has 1 aliphatic rings. The summed E-state index contributed by atoms with van der Waals surface area (Å²) in [5.41, 5.74) is 2.25. The van der Waals surface area contributed by atoms with E-state index in [1.54, 1.807) is 12.3 Å². The Balaban J connectivity index is 1.49. The Kier molecular flexibility index (Phi) is 6.12. The summed E-state index contributed by atoms with van der Waals surface area (Å²) in [7, 11) is 0. The van der Waals surface area contributed by atoms with Gasteiger partial charge in [0.2, 0.25) is 5.88 Å². The normalized spacial score (nSPS) is 15.8. The summed E-state index contributed by atoms with van der Waals surface area (Å²) < 4.78 is 44.3. The third kappa shape index (κ3) is 4.90. The number of pyridine rings is 2. The summed E-state index contributed by atoms with van der Waals surface area (Å²) in [4.78, 5) is 19.0. The number of halogens is 3. The molecule has 8 heteroatoms. The van der Waals surface area contributed by atoms with E-state index < -0.39 is 17.8 Å². The van der Waals surface area contributed by atoms with Crippen LogP contribution in [0.5, 0.6) is 11.6 Å². The predicted octanol–water partition coefficient (Wildman–Crippen LogP) is 6.04. The molecule has 2 aromatic heterocycles. The molecule has 1 unspecified atom stereocenters. The lowest BCUT2D eigenvalue weighted by Gasteiger charge is -2.26. The number of carboxylic acids is 1. The second-order valence-corrected chi connectivity index (χ2v) is 7.79. The van der Waals surface area contributed by atoms with Crippen molar-refractivity contribution in [3.05, 3.63) is 82.8 Å². The second-order valence-electron chi connectivity index (χ2n) is 7.79. The summed E-state index contributed by atoms with van der Waals surface area (Å²) in [6, 6.07) is 10.6. The molecule has 1 N–H and O–H groups in total. The molecule has 2 heterocycles. The first-order valence-corrected chi connectivity index (χ1v) is 10.3. The molecule has 0 saturated heterocycles. The molecule has 0 amide bonds. The van der Waals surface area contributed by atoms with E-state index in [9.17, 15) is 23.1 Å². The zero-order valence-corrected chi connectivity index (χ0v) is 17.1. The first kappa shape index (κ1) is 21.8. The number of ether oxygens (including phenoxy) is 1. The van der Waals surface area contributed by atoms with Gasteiger partial charge in [-0.15, -0.1) is 0 Å². The first-order valence-electron chi connectivity index (χ1n) is 10.3. The van der Waals surface area contributed by atoms with Gasteiger partial charge in [0.15, 0.2) is 0 Å². The molecule has 0 radical (unpaired) electrons. The molecule has 0 fully saturated rings. The van der Waals surface area contributed by atoms with E-state index in [0.717, 1.165) is 37.3 Å². The van der Waals surface area contributed by atoms with E-state index >= 15 is 0 Å². The van der Waals surface area contributed by atoms with Crippen molar-refractivity contribution in [1.82, 2.24) is 9.97 Å². The van der Waals surface area contributed by atoms with Gasteiger partial charge in [-0.25, -0.2) is 9.78 Å². The number of nitrogens with zero attached hydrogens (tertiary/aromatic N) is 2. The van der Waals surface area contributed by atoms with Crippen molar-refractivity contribution in [3.8, 4) is 11.6 Å². The number of hydrogen-bond donors (Lipinski definition) is 1. The molecular formula is C24H21F3N2O3. The van der Waals surface area contributed by atoms with Crippen LogP contribution < -0.4 is 4.74 Å². The number of hydrogen-bond acceptors (Lipinski definition) is 4. The monoisotopic (exact) mass is 442 g/mol. The predicted molar refractivity (Wildman–Crippen MR) is 111 cm³/mol. The molecule has 1 atom stereocenters. The highest BCUT2D eigenvalue weighted by molar-refractivity contribution is 5.89. The minimum Gasteiger partial charge on any atom is -0.478 e. The van der Waals surface area contributed by atoms with Gasteiger partial charge in [0.1, 0.15) is 11.4 Å². The van der Waals surface area contributed by atoms with E-state index in [2.05, 4.69) is 9.97 Å². The Hall–Kier alpha value is -3.42. The number of aromatic nitrogens is 2. The Morgan fingerprint density at radius 1 is 1.19 bits per heavy atom. The summed E-state index contributed by atoms with van der Waals surface area (Å²) >= 11 is 0. The zero-order chi connectivity index (χ0) is 22.7. The van der Waals surface area contributed by atoms with Crippen molar-refractivity contribution < 1.29 is 27.8 Å². The number of aromatic carboxylic acids is 1. The van der Waals surface area contributed by atoms with E-state index in [-0.39, 0.29) is 17.4 Å². The van der Waals surface area contributed by atoms with Gasteiger partial charge in [-0.1, -0.05) is 12.1 Å². The minimum absolute atomic E-state index is 0.107. The van der Waals surface area contributed by atoms with Gasteiger partial charge in [0.25, 0.3) is 0 Å². The standard InChI is InChI=1S/C24H21F3N2O3/c25-24(26,27)21-5-2-6-22(29-21)32-18-9-10-19-15(3-1-4-16(19)13-18)7-8-17-14-28-12-11-20(17)23(30)31/h2,5-6,9-15H,1,3-4,7-8H2,(H,30,31). The highest BCUT2D eigenvalue weighted by Gasteiger charge is 2.32. The van der Waals surface area contributed by atoms with Crippen LogP contribution in [0.3, 0.4) is 0 Å². The second kappa shape index (κ2) is 8.98. The van der Waals surface area contributed by atoms with Gasteiger partial charge in [-0.05, 0) is 79.0 Å². The van der Waals surface area contributed by atoms with E-state index in [1.807, 2.05) is 12.1 Å². The molecule has 1 aromatic carbocycles. The Bertz CT molecular complexity index is 1130. The van der Waals surface area contributed by atoms with Gasteiger partial charge in [0, 0.05) is 18.5 Å². The largest absolute Gasteiger partial charge is 0.478 e. The fourth-order valence-electron chi connectivity index (χ4n) is 4.17. The van der Waals surface area contributed by atoms with Crippen LogP contribution in [-0.4, -0.2) is 21.0 Å². The maximum absolute atomic E-state index is 12.9. The summed E-state index contributed by atoms with van der Waals surface area (Å²) in [5, 5.41) is 9.36. The Labute approximate surface area is 182 Å². The van der Waals surface area contributed by atoms with Crippen LogP contribution in [0.15, 0.2) is 54.9 Å². The highest BCUT2D eigenvalue weighted by Crippen LogP contribution is 2.37. The number of rotatable bonds is 6. The third-order valence-corrected chi connectivity index (χ3v) is 5.69. The van der Waals surface area contributed by atoms with Crippen LogP contribution in [0, 0.1) is 0 Å². The van der Waals surface area contributed by atoms with Crippen LogP contribution in [0.1, 0.15) is 57.9 Å². The van der Waals surface area contributed by atoms with Crippen molar-refractivity contribution in [3.63, 3.8) is 0 Å². The smallest absolute Gasteiger partial charge is 0.433 e. The molecule has 0 bridgehead atoms. The number of benzene rings is 1. The molecular weight excluding hydrogens is 421 g/mol. The zero-order valence-electron chi connectivity index (χ0n) is 17.1. The van der Waals surface area contributed by atoms with Gasteiger partial charge in [-0.3, -0.25) is 4.98 Å². The van der Waals surface area contributed by atoms with Crippen LogP contribution in [0.4, 0.5) is 13.2 Å². The number of aryl methyl sites for hydroxylation is 2. The molecule has 0 aliphatic heterocycles. The lowest BCUT2D eigenvalue weighted by molar-refractivity contribution is -0.141. The lowest BCUT2D eigenvalue weighted by Crippen LogP contribution is -2.12. The summed E-state index contributed by atoms with van der Waals surface area (Å²) in [6.45, 7) is 0. The number of fused-ring (bicyclic) bond motifs is 1. The van der Waals surface area contributed by atoms with Crippen molar-refractivity contribution in [2.75, 3.05) is 0 Å². The first-order chi connectivity index (χ1) is 15.3. The fraction of sp³-hybridized carbons (Fsp3) is 0.292. The lowest BCUT2D eigenvalue weighted by atomic mass is 9.79. The number of carbonyl (C=O) groups is 1. The summed E-state index contributed by atoms with van der Waals surface area (Å²) in [6.07, 6.45) is 2.76. The van der Waals surface area contributed by atoms with Crippen molar-refractivity contribution in [1.29, 1.82) is 0 Å². The molecule has 3 aromatic rings. The van der Waals surface area contributed by atoms with Crippen LogP contribution in [-0.2, 0) is 19.0 Å². The van der Waals surface area contributed by atoms with Crippen molar-refractivity contribution in [2.45, 2.75) is 44.2 Å². The maximum atomic E-state index is 12.9. The Morgan fingerprint density at radius 2 is 2.03 bits per heavy atom. The van der Waals surface area contributed by atoms with Crippen LogP contribution in [0.2, 0.25) is 0 Å². The maximum Gasteiger partial charge on any atom is 0.433 e. The molecule has 0 saturated carbocycles. The molecule has 4 rings (SSSR count). The molecule has 32 heavy (non-hydrogen) atoms. The van der Waals surface area contributed by atoms with Crippen LogP contribution in [0.25, 0.3) is 0 Å². The van der Waals surface area contributed by atoms with Crippen LogP contribution >= 0.6 is 0 Å². The average molecular weight is 442 g/mol. The molecule has 5 nitrogen and oxygen atoms in total.